The minimum Gasteiger partial charge on any atom is -0.311 e. The monoisotopic (exact) mass is 690 g/mol. The molecular weight excluding hydrogens is 653 g/mol. The summed E-state index contributed by atoms with van der Waals surface area (Å²) in [6.07, 6.45) is 4.36. The molecule has 0 bridgehead atoms. The van der Waals surface area contributed by atoms with Crippen molar-refractivity contribution in [3.63, 3.8) is 0 Å². The molecule has 0 fully saturated rings. The van der Waals surface area contributed by atoms with E-state index in [9.17, 15) is 0 Å². The van der Waals surface area contributed by atoms with E-state index in [1.807, 2.05) is 0 Å². The summed E-state index contributed by atoms with van der Waals surface area (Å²) in [4.78, 5) is 4.68. The third-order valence-electron chi connectivity index (χ3n) is 10.0. The molecule has 0 saturated heterocycles. The Kier molecular flexibility index (Phi) is 8.99. The fourth-order valence-corrected chi connectivity index (χ4v) is 7.33. The summed E-state index contributed by atoms with van der Waals surface area (Å²) in [5, 5.41) is 4.89. The molecule has 2 heteroatoms. The molecule has 256 valence electrons. The van der Waals surface area contributed by atoms with E-state index in [1.54, 1.807) is 0 Å². The SMILES string of the molecule is C(=C\c1ccc(N(c2ccccc2)c2ccccc2)cc1)/c1ccc(-c2ccc(N(c3cccc4ccccc34)c3cccc4ccccc34)cc2)cc1. The largest absolute Gasteiger partial charge is 0.311 e. The maximum atomic E-state index is 2.40. The highest BCUT2D eigenvalue weighted by Gasteiger charge is 2.18. The van der Waals surface area contributed by atoms with E-state index in [4.69, 9.17) is 0 Å². The maximum absolute atomic E-state index is 2.40. The molecule has 0 N–H and O–H groups in total. The first-order chi connectivity index (χ1) is 26.8. The summed E-state index contributed by atoms with van der Waals surface area (Å²) < 4.78 is 0. The van der Waals surface area contributed by atoms with Crippen molar-refractivity contribution in [3.05, 3.63) is 230 Å². The average Bonchev–Trinajstić information content (AvgIpc) is 3.25. The van der Waals surface area contributed by atoms with Gasteiger partial charge in [0.1, 0.15) is 0 Å². The second-order valence-electron chi connectivity index (χ2n) is 13.4. The maximum Gasteiger partial charge on any atom is 0.0540 e. The van der Waals surface area contributed by atoms with E-state index in [0.717, 1.165) is 45.3 Å². The van der Waals surface area contributed by atoms with Crippen molar-refractivity contribution in [2.75, 3.05) is 9.80 Å². The molecular formula is C52H38N2. The Labute approximate surface area is 317 Å². The molecule has 54 heavy (non-hydrogen) atoms. The van der Waals surface area contributed by atoms with Gasteiger partial charge in [-0.25, -0.2) is 0 Å². The van der Waals surface area contributed by atoms with E-state index in [1.165, 1.54) is 32.7 Å². The number of benzene rings is 9. The molecule has 0 radical (unpaired) electrons. The first-order valence-electron chi connectivity index (χ1n) is 18.4. The lowest BCUT2D eigenvalue weighted by atomic mass is 10.0. The molecule has 0 aliphatic carbocycles. The molecule has 9 aromatic carbocycles. The van der Waals surface area contributed by atoms with Crippen molar-refractivity contribution in [1.29, 1.82) is 0 Å². The number of hydrogen-bond acceptors (Lipinski definition) is 2. The minimum absolute atomic E-state index is 1.12. The Bertz CT molecular complexity index is 2550. The Hall–Kier alpha value is -7.16. The van der Waals surface area contributed by atoms with Crippen LogP contribution < -0.4 is 9.80 Å². The van der Waals surface area contributed by atoms with Crippen LogP contribution in [-0.2, 0) is 0 Å². The van der Waals surface area contributed by atoms with Crippen LogP contribution in [0.1, 0.15) is 11.1 Å². The third-order valence-corrected chi connectivity index (χ3v) is 10.0. The van der Waals surface area contributed by atoms with Crippen LogP contribution in [0.15, 0.2) is 218 Å². The summed E-state index contributed by atoms with van der Waals surface area (Å²) in [6.45, 7) is 0. The van der Waals surface area contributed by atoms with E-state index >= 15 is 0 Å². The number of fused-ring (bicyclic) bond motifs is 2. The topological polar surface area (TPSA) is 6.48 Å². The second-order valence-corrected chi connectivity index (χ2v) is 13.4. The van der Waals surface area contributed by atoms with Crippen molar-refractivity contribution < 1.29 is 0 Å². The predicted molar refractivity (Wildman–Crippen MR) is 232 cm³/mol. The number of rotatable bonds is 9. The predicted octanol–water partition coefficient (Wildman–Crippen LogP) is 14.8. The zero-order valence-electron chi connectivity index (χ0n) is 29.8. The summed E-state index contributed by atoms with van der Waals surface area (Å²) in [5.41, 5.74) is 11.5. The van der Waals surface area contributed by atoms with Gasteiger partial charge in [0.2, 0.25) is 0 Å². The first-order valence-corrected chi connectivity index (χ1v) is 18.4. The van der Waals surface area contributed by atoms with Crippen molar-refractivity contribution in [1.82, 2.24) is 0 Å². The molecule has 0 spiro atoms. The second kappa shape index (κ2) is 14.8. The molecule has 9 aromatic rings. The van der Waals surface area contributed by atoms with Crippen LogP contribution in [0.4, 0.5) is 34.1 Å². The van der Waals surface area contributed by atoms with Crippen LogP contribution in [0.25, 0.3) is 44.8 Å². The lowest BCUT2D eigenvalue weighted by Gasteiger charge is -2.28. The van der Waals surface area contributed by atoms with Gasteiger partial charge in [0.25, 0.3) is 0 Å². The molecule has 0 atom stereocenters. The fourth-order valence-electron chi connectivity index (χ4n) is 7.33. The summed E-state index contributed by atoms with van der Waals surface area (Å²) in [7, 11) is 0. The Morgan fingerprint density at radius 2 is 0.611 bits per heavy atom. The lowest BCUT2D eigenvalue weighted by Crippen LogP contribution is -2.11. The fraction of sp³-hybridized carbons (Fsp3) is 0. The van der Waals surface area contributed by atoms with Crippen molar-refractivity contribution >= 4 is 67.8 Å². The molecule has 9 rings (SSSR count). The number of nitrogens with zero attached hydrogens (tertiary/aromatic N) is 2. The van der Waals surface area contributed by atoms with Gasteiger partial charge >= 0.3 is 0 Å². The van der Waals surface area contributed by atoms with Gasteiger partial charge in [-0.1, -0.05) is 170 Å². The van der Waals surface area contributed by atoms with Crippen molar-refractivity contribution in [2.45, 2.75) is 0 Å². The van der Waals surface area contributed by atoms with Crippen molar-refractivity contribution in [3.8, 4) is 11.1 Å². The first kappa shape index (κ1) is 32.7. The molecule has 0 amide bonds. The quantitative estimate of drug-likeness (QED) is 0.139. The summed E-state index contributed by atoms with van der Waals surface area (Å²) >= 11 is 0. The molecule has 0 heterocycles. The zero-order valence-corrected chi connectivity index (χ0v) is 29.8. The van der Waals surface area contributed by atoms with Gasteiger partial charge in [-0.15, -0.1) is 0 Å². The van der Waals surface area contributed by atoms with Crippen molar-refractivity contribution in [2.24, 2.45) is 0 Å². The molecule has 0 unspecified atom stereocenters. The number of para-hydroxylation sites is 2. The molecule has 0 aromatic heterocycles. The zero-order chi connectivity index (χ0) is 36.1. The van der Waals surface area contributed by atoms with E-state index < -0.39 is 0 Å². The highest BCUT2D eigenvalue weighted by Crippen LogP contribution is 2.42. The van der Waals surface area contributed by atoms with E-state index in [2.05, 4.69) is 240 Å². The van der Waals surface area contributed by atoms with Gasteiger partial charge in [-0.3, -0.25) is 0 Å². The number of hydrogen-bond donors (Lipinski definition) is 0. The van der Waals surface area contributed by atoms with Crippen LogP contribution in [0, 0.1) is 0 Å². The van der Waals surface area contributed by atoms with Gasteiger partial charge < -0.3 is 9.80 Å². The van der Waals surface area contributed by atoms with Crippen LogP contribution in [0.2, 0.25) is 0 Å². The highest BCUT2D eigenvalue weighted by molar-refractivity contribution is 6.04. The van der Waals surface area contributed by atoms with Gasteiger partial charge in [0.05, 0.1) is 11.4 Å². The standard InChI is InChI=1S/C52H38N2/c1-3-17-45(18-4-1)53(46-19-5-2-6-20-46)47-35-29-40(30-36-47)26-25-39-27-31-41(32-28-39)42-33-37-48(38-34-42)54(51-23-11-15-43-13-7-9-21-49(43)51)52-24-12-16-44-14-8-10-22-50(44)52/h1-38H/b26-25+. The van der Waals surface area contributed by atoms with Gasteiger partial charge in [-0.2, -0.15) is 0 Å². The Morgan fingerprint density at radius 3 is 1.11 bits per heavy atom. The molecule has 0 saturated carbocycles. The highest BCUT2D eigenvalue weighted by atomic mass is 15.1. The minimum atomic E-state index is 1.12. The van der Waals surface area contributed by atoms with Crippen LogP contribution in [0.3, 0.4) is 0 Å². The Balaban J connectivity index is 0.967. The summed E-state index contributed by atoms with van der Waals surface area (Å²) in [5.74, 6) is 0. The van der Waals surface area contributed by atoms with Gasteiger partial charge in [-0.05, 0) is 93.7 Å². The average molecular weight is 691 g/mol. The van der Waals surface area contributed by atoms with Gasteiger partial charge in [0, 0.05) is 33.5 Å². The van der Waals surface area contributed by atoms with Gasteiger partial charge in [0.15, 0.2) is 0 Å². The van der Waals surface area contributed by atoms with Crippen LogP contribution >= 0.6 is 0 Å². The Morgan fingerprint density at radius 1 is 0.259 bits per heavy atom. The normalized spacial score (nSPS) is 11.3. The summed E-state index contributed by atoms with van der Waals surface area (Å²) in [6, 6.07) is 77.9. The lowest BCUT2D eigenvalue weighted by molar-refractivity contribution is 1.28. The smallest absolute Gasteiger partial charge is 0.0540 e. The van der Waals surface area contributed by atoms with E-state index in [-0.39, 0.29) is 0 Å². The van der Waals surface area contributed by atoms with Crippen LogP contribution in [-0.4, -0.2) is 0 Å². The third kappa shape index (κ3) is 6.65. The molecule has 0 aliphatic rings. The van der Waals surface area contributed by atoms with E-state index in [0.29, 0.717) is 0 Å². The number of anilines is 6. The molecule has 0 aliphatic heterocycles. The van der Waals surface area contributed by atoms with Crippen LogP contribution in [0.5, 0.6) is 0 Å². The molecule has 2 nitrogen and oxygen atoms in total.